The Morgan fingerprint density at radius 1 is 0.800 bits per heavy atom. The fourth-order valence-electron chi connectivity index (χ4n) is 11.7. The lowest BCUT2D eigenvalue weighted by atomic mass is 9.78. The Morgan fingerprint density at radius 3 is 1.84 bits per heavy atom. The third-order valence-electron chi connectivity index (χ3n) is 17.4. The van der Waals surface area contributed by atoms with Crippen LogP contribution in [0.4, 0.5) is 0 Å². The molecule has 1 fully saturated rings. The van der Waals surface area contributed by atoms with Crippen molar-refractivity contribution in [2.45, 2.75) is 259 Å². The van der Waals surface area contributed by atoms with E-state index in [4.69, 9.17) is 32.2 Å². The first-order chi connectivity index (χ1) is 32.5. The number of Topliss-reactive ketones (excluding diaryl/α,β-unsaturated/α-hetero) is 1. The van der Waals surface area contributed by atoms with Crippen molar-refractivity contribution in [1.29, 1.82) is 0 Å². The largest absolute Gasteiger partial charge is 0.497 e. The summed E-state index contributed by atoms with van der Waals surface area (Å²) in [6.45, 7) is 46.5. The topological polar surface area (TPSA) is 102 Å². The van der Waals surface area contributed by atoms with Gasteiger partial charge in [0.25, 0.3) is 0 Å². The zero-order chi connectivity index (χ0) is 53.5. The van der Waals surface area contributed by atoms with Crippen molar-refractivity contribution in [3.63, 3.8) is 0 Å². The smallest absolute Gasteiger partial charge is 0.200 e. The highest BCUT2D eigenvalue weighted by Crippen LogP contribution is 2.46. The van der Waals surface area contributed by atoms with Crippen molar-refractivity contribution in [3.8, 4) is 5.75 Å². The first kappa shape index (κ1) is 64.9. The molecule has 1 aliphatic carbocycles. The zero-order valence-corrected chi connectivity index (χ0v) is 52.3. The Hall–Kier alpha value is -1.20. The monoisotopic (exact) mass is 1030 g/mol. The highest BCUT2D eigenvalue weighted by molar-refractivity contribution is 6.77. The summed E-state index contributed by atoms with van der Waals surface area (Å²) >= 11 is 0. The summed E-state index contributed by atoms with van der Waals surface area (Å²) in [4.78, 5) is 14.2. The maximum absolute atomic E-state index is 14.2. The third-order valence-corrected chi connectivity index (χ3v) is 33.3. The Kier molecular flexibility index (Phi) is 27.1. The molecule has 0 saturated heterocycles. The van der Waals surface area contributed by atoms with E-state index in [0.717, 1.165) is 61.1 Å². The molecule has 1 aromatic rings. The number of ether oxygens (including phenoxy) is 4. The summed E-state index contributed by atoms with van der Waals surface area (Å²) in [5.41, 5.74) is 3.94. The van der Waals surface area contributed by atoms with Crippen LogP contribution in [0.15, 0.2) is 35.9 Å². The number of aliphatic hydroxyl groups excluding tert-OH is 1. The quantitative estimate of drug-likeness (QED) is 0.0558. The average Bonchev–Trinajstić information content (AvgIpc) is 3.29. The minimum absolute atomic E-state index is 0.0304. The van der Waals surface area contributed by atoms with Gasteiger partial charge < -0.3 is 37.3 Å². The predicted octanol–water partition coefficient (Wildman–Crippen LogP) is 15.4. The van der Waals surface area contributed by atoms with Crippen molar-refractivity contribution >= 4 is 30.7 Å². The third kappa shape index (κ3) is 17.7. The van der Waals surface area contributed by atoms with Crippen molar-refractivity contribution in [3.05, 3.63) is 41.5 Å². The molecule has 11 atom stereocenters. The first-order valence-electron chi connectivity index (χ1n) is 27.7. The molecule has 0 bridgehead atoms. The van der Waals surface area contributed by atoms with E-state index in [2.05, 4.69) is 149 Å². The van der Waals surface area contributed by atoms with E-state index >= 15 is 0 Å². The summed E-state index contributed by atoms with van der Waals surface area (Å²) in [6.07, 6.45) is 5.01. The van der Waals surface area contributed by atoms with E-state index in [1.54, 1.807) is 14.2 Å². The van der Waals surface area contributed by atoms with Crippen LogP contribution in [0.1, 0.15) is 169 Å². The van der Waals surface area contributed by atoms with Crippen molar-refractivity contribution in [2.24, 2.45) is 29.6 Å². The number of benzene rings is 1. The molecular formula is C58H110O9Si3. The lowest BCUT2D eigenvalue weighted by molar-refractivity contribution is -0.124. The molecule has 12 heteroatoms. The summed E-state index contributed by atoms with van der Waals surface area (Å²) in [7, 11) is -1.02. The van der Waals surface area contributed by atoms with E-state index in [0.29, 0.717) is 47.2 Å². The van der Waals surface area contributed by atoms with Gasteiger partial charge in [0, 0.05) is 33.2 Å². The molecule has 0 radical (unpaired) electrons. The van der Waals surface area contributed by atoms with Gasteiger partial charge in [0.2, 0.25) is 8.32 Å². The van der Waals surface area contributed by atoms with Crippen LogP contribution < -0.4 is 4.74 Å². The van der Waals surface area contributed by atoms with Crippen molar-refractivity contribution in [1.82, 2.24) is 0 Å². The van der Waals surface area contributed by atoms with Crippen LogP contribution >= 0.6 is 0 Å². The Bertz CT molecular complexity index is 1650. The molecule has 1 aromatic carbocycles. The fourth-order valence-corrected chi connectivity index (χ4v) is 22.0. The molecule has 0 heterocycles. The number of hydrogen-bond acceptors (Lipinski definition) is 9. The summed E-state index contributed by atoms with van der Waals surface area (Å²) in [6, 6.07) is 9.98. The Labute approximate surface area is 434 Å². The standard InChI is InChI=1S/C58H110O9Si3/c1-24-69(25-2,39(3)4)67-56(57(63-21)55(64-38-48-26-29-50(61-19)30-27-48)46(14)32-43(11)37-65-68(22,23)58(16,17)18)47(15)33-44(12)51(59)36-52(60)45(13)34-49-28-31-53(54(35-49)62-20)66-70(40(5)6,41(7)8)42(9)10/h26-27,29-30,33,39-46,49,52-57,60H,24-25,28,31-32,34-38H2,1-23H3/b47-33+/t43-,44+,45+,46+,49-,52-,53+,54+,55+,56+,57-/m0/s1. The fraction of sp³-hybridized carbons (Fsp3) is 0.845. The van der Waals surface area contributed by atoms with Crippen LogP contribution in [-0.4, -0.2) is 100 Å². The SMILES string of the molecule is CC[Si](CC)(O[C@H](/C(C)=C/[C@@H](C)C(=O)C[C@H](O)[C@H](C)C[C@@H]1CC[C@@H](O[Si](C(C)C)(C(C)C)C(C)C)[C@H](OC)C1)[C@@H](OC)[C@H](OCc1ccc(OC)cc1)[C@H](C)C[C@H](C)CO[Si](C)(C)C(C)(C)C)C(C)C. The average molecular weight is 1040 g/mol. The highest BCUT2D eigenvalue weighted by atomic mass is 28.4. The number of allylic oxidation sites excluding steroid dienone is 1. The molecule has 2 rings (SSSR count). The first-order valence-corrected chi connectivity index (χ1v) is 35.1. The molecule has 408 valence electrons. The lowest BCUT2D eigenvalue weighted by Gasteiger charge is -2.48. The molecule has 0 unspecified atom stereocenters. The van der Waals surface area contributed by atoms with Crippen LogP contribution in [0.3, 0.4) is 0 Å². The number of carbonyl (C=O) groups is 1. The molecule has 1 saturated carbocycles. The van der Waals surface area contributed by atoms with Crippen molar-refractivity contribution in [2.75, 3.05) is 27.9 Å². The molecule has 0 spiro atoms. The maximum atomic E-state index is 14.2. The molecule has 0 aromatic heterocycles. The number of ketones is 1. The van der Waals surface area contributed by atoms with E-state index in [1.165, 1.54) is 0 Å². The second kappa shape index (κ2) is 29.2. The van der Waals surface area contributed by atoms with Gasteiger partial charge in [-0.15, -0.1) is 0 Å². The molecule has 1 N–H and O–H groups in total. The van der Waals surface area contributed by atoms with E-state index < -0.39 is 49.2 Å². The Balaban J connectivity index is 2.44. The number of aliphatic hydroxyl groups is 1. The predicted molar refractivity (Wildman–Crippen MR) is 302 cm³/mol. The van der Waals surface area contributed by atoms with Gasteiger partial charge >= 0.3 is 0 Å². The molecular weight excluding hydrogens is 925 g/mol. The summed E-state index contributed by atoms with van der Waals surface area (Å²) in [5.74, 6) is 1.17. The Morgan fingerprint density at radius 2 is 1.37 bits per heavy atom. The summed E-state index contributed by atoms with van der Waals surface area (Å²) in [5, 5.41) is 11.8. The molecule has 9 nitrogen and oxygen atoms in total. The molecule has 0 amide bonds. The lowest BCUT2D eigenvalue weighted by Crippen LogP contribution is -2.53. The van der Waals surface area contributed by atoms with Gasteiger partial charge in [0.15, 0.2) is 16.6 Å². The maximum Gasteiger partial charge on any atom is 0.200 e. The van der Waals surface area contributed by atoms with Crippen molar-refractivity contribution < 1.29 is 42.1 Å². The highest BCUT2D eigenvalue weighted by Gasteiger charge is 2.49. The zero-order valence-electron chi connectivity index (χ0n) is 49.3. The summed E-state index contributed by atoms with van der Waals surface area (Å²) < 4.78 is 46.9. The van der Waals surface area contributed by atoms with Gasteiger partial charge in [0.1, 0.15) is 17.6 Å². The van der Waals surface area contributed by atoms with Crippen LogP contribution in [0.5, 0.6) is 5.75 Å². The number of carbonyl (C=O) groups excluding carboxylic acids is 1. The minimum Gasteiger partial charge on any atom is -0.497 e. The second-order valence-corrected chi connectivity index (χ2v) is 39.9. The van der Waals surface area contributed by atoms with Gasteiger partial charge in [-0.05, 0) is 138 Å². The van der Waals surface area contributed by atoms with E-state index in [-0.39, 0.29) is 47.4 Å². The van der Waals surface area contributed by atoms with Gasteiger partial charge in [-0.1, -0.05) is 136 Å². The normalized spacial score (nSPS) is 21.5. The molecule has 1 aliphatic rings. The van der Waals surface area contributed by atoms with Crippen LogP contribution in [0, 0.1) is 29.6 Å². The number of rotatable bonds is 32. The van der Waals surface area contributed by atoms with E-state index in [1.807, 2.05) is 26.2 Å². The van der Waals surface area contributed by atoms with Gasteiger partial charge in [-0.25, -0.2) is 0 Å². The van der Waals surface area contributed by atoms with Crippen LogP contribution in [0.2, 0.25) is 52.4 Å². The number of methoxy groups -OCH3 is 3. The van der Waals surface area contributed by atoms with E-state index in [9.17, 15) is 9.90 Å². The molecule has 70 heavy (non-hydrogen) atoms. The molecule has 0 aliphatic heterocycles. The van der Waals surface area contributed by atoms with Crippen LogP contribution in [-0.2, 0) is 38.9 Å². The number of hydrogen-bond donors (Lipinski definition) is 1. The minimum atomic E-state index is -2.31. The van der Waals surface area contributed by atoms with Gasteiger partial charge in [-0.2, -0.15) is 0 Å². The van der Waals surface area contributed by atoms with Crippen LogP contribution in [0.25, 0.3) is 0 Å². The second-order valence-electron chi connectivity index (χ2n) is 24.8. The van der Waals surface area contributed by atoms with Gasteiger partial charge in [-0.3, -0.25) is 4.79 Å². The van der Waals surface area contributed by atoms with Gasteiger partial charge in [0.05, 0.1) is 44.2 Å².